The molecule has 21 heavy (non-hydrogen) atoms. The highest BCUT2D eigenvalue weighted by molar-refractivity contribution is 5.69. The Morgan fingerprint density at radius 3 is 2.57 bits per heavy atom. The number of ether oxygens (including phenoxy) is 1. The van der Waals surface area contributed by atoms with Crippen LogP contribution in [0.2, 0.25) is 0 Å². The lowest BCUT2D eigenvalue weighted by atomic mass is 10.2. The van der Waals surface area contributed by atoms with Gasteiger partial charge in [-0.1, -0.05) is 37.3 Å². The molecular formula is C17H21FN2O. The number of nitrogens with two attached hydrogens (primary N) is 1. The van der Waals surface area contributed by atoms with Crippen molar-refractivity contribution in [3.63, 3.8) is 0 Å². The summed E-state index contributed by atoms with van der Waals surface area (Å²) in [4.78, 5) is 1.99. The number of hydrogen-bond donors (Lipinski definition) is 1. The van der Waals surface area contributed by atoms with E-state index in [1.165, 1.54) is 11.6 Å². The second-order valence-electron chi connectivity index (χ2n) is 5.03. The van der Waals surface area contributed by atoms with Crippen LogP contribution in [0.3, 0.4) is 0 Å². The predicted octanol–water partition coefficient (Wildman–Crippen LogP) is 3.83. The molecule has 0 heterocycles. The maximum absolute atomic E-state index is 13.8. The molecule has 2 aromatic carbocycles. The molecule has 0 radical (unpaired) electrons. The highest BCUT2D eigenvalue weighted by Crippen LogP contribution is 2.31. The minimum Gasteiger partial charge on any atom is -0.490 e. The molecule has 2 rings (SSSR count). The Labute approximate surface area is 125 Å². The van der Waals surface area contributed by atoms with Crippen LogP contribution in [0.1, 0.15) is 18.9 Å². The van der Waals surface area contributed by atoms with Crippen LogP contribution in [0.25, 0.3) is 0 Å². The monoisotopic (exact) mass is 288 g/mol. The molecule has 0 spiro atoms. The Kier molecular flexibility index (Phi) is 5.04. The normalized spacial score (nSPS) is 10.4. The Bertz CT molecular complexity index is 587. The molecule has 0 fully saturated rings. The summed E-state index contributed by atoms with van der Waals surface area (Å²) < 4.78 is 19.2. The van der Waals surface area contributed by atoms with Crippen molar-refractivity contribution in [1.82, 2.24) is 0 Å². The molecule has 0 aromatic heterocycles. The van der Waals surface area contributed by atoms with Crippen LogP contribution in [0, 0.1) is 5.82 Å². The maximum Gasteiger partial charge on any atom is 0.167 e. The standard InChI is InChI=1S/C17H21FN2O/c1-3-9-21-17-11-16(15(19)10-14(17)18)20(2)12-13-7-5-4-6-8-13/h4-8,10-11H,3,9,12,19H2,1-2H3. The van der Waals surface area contributed by atoms with Crippen molar-refractivity contribution in [2.24, 2.45) is 0 Å². The number of benzene rings is 2. The van der Waals surface area contributed by atoms with Gasteiger partial charge in [0.15, 0.2) is 11.6 Å². The van der Waals surface area contributed by atoms with Gasteiger partial charge in [0.25, 0.3) is 0 Å². The first-order chi connectivity index (χ1) is 10.1. The fourth-order valence-electron chi connectivity index (χ4n) is 2.15. The van der Waals surface area contributed by atoms with Gasteiger partial charge in [0.2, 0.25) is 0 Å². The lowest BCUT2D eigenvalue weighted by Gasteiger charge is -2.22. The first kappa shape index (κ1) is 15.2. The van der Waals surface area contributed by atoms with Crippen LogP contribution >= 0.6 is 0 Å². The Morgan fingerprint density at radius 1 is 1.19 bits per heavy atom. The zero-order valence-electron chi connectivity index (χ0n) is 12.5. The molecule has 2 aromatic rings. The van der Waals surface area contributed by atoms with Crippen LogP contribution in [0.4, 0.5) is 15.8 Å². The summed E-state index contributed by atoms with van der Waals surface area (Å²) in [5.41, 5.74) is 8.28. The Morgan fingerprint density at radius 2 is 1.90 bits per heavy atom. The van der Waals surface area contributed by atoms with Crippen molar-refractivity contribution >= 4 is 11.4 Å². The second kappa shape index (κ2) is 6.97. The average molecular weight is 288 g/mol. The molecule has 4 heteroatoms. The van der Waals surface area contributed by atoms with Gasteiger partial charge in [0.05, 0.1) is 18.0 Å². The quantitative estimate of drug-likeness (QED) is 0.821. The van der Waals surface area contributed by atoms with E-state index >= 15 is 0 Å². The van der Waals surface area contributed by atoms with Crippen LogP contribution in [0.15, 0.2) is 42.5 Å². The van der Waals surface area contributed by atoms with Gasteiger partial charge in [-0.2, -0.15) is 0 Å². The molecular weight excluding hydrogens is 267 g/mol. The highest BCUT2D eigenvalue weighted by Gasteiger charge is 2.12. The SMILES string of the molecule is CCCOc1cc(N(C)Cc2ccccc2)c(N)cc1F. The Balaban J connectivity index is 2.21. The molecule has 0 bridgehead atoms. The predicted molar refractivity (Wildman–Crippen MR) is 85.1 cm³/mol. The van der Waals surface area contributed by atoms with Gasteiger partial charge in [0.1, 0.15) is 0 Å². The van der Waals surface area contributed by atoms with Gasteiger partial charge < -0.3 is 15.4 Å². The zero-order valence-corrected chi connectivity index (χ0v) is 12.5. The molecule has 0 aliphatic rings. The molecule has 3 nitrogen and oxygen atoms in total. The van der Waals surface area contributed by atoms with Crippen molar-refractivity contribution in [2.45, 2.75) is 19.9 Å². The lowest BCUT2D eigenvalue weighted by molar-refractivity contribution is 0.301. The summed E-state index contributed by atoms with van der Waals surface area (Å²) in [5.74, 6) is -0.168. The topological polar surface area (TPSA) is 38.5 Å². The third-order valence-corrected chi connectivity index (χ3v) is 3.22. The number of nitrogen functional groups attached to an aromatic ring is 1. The van der Waals surface area contributed by atoms with Crippen molar-refractivity contribution in [1.29, 1.82) is 0 Å². The number of halogens is 1. The number of anilines is 2. The summed E-state index contributed by atoms with van der Waals surface area (Å²) in [6, 6.07) is 13.0. The second-order valence-corrected chi connectivity index (χ2v) is 5.03. The maximum atomic E-state index is 13.8. The molecule has 0 saturated carbocycles. The zero-order chi connectivity index (χ0) is 15.2. The van der Waals surface area contributed by atoms with E-state index in [1.807, 2.05) is 49.2 Å². The van der Waals surface area contributed by atoms with E-state index in [-0.39, 0.29) is 5.75 Å². The third-order valence-electron chi connectivity index (χ3n) is 3.22. The summed E-state index contributed by atoms with van der Waals surface area (Å²) in [6.07, 6.45) is 0.832. The summed E-state index contributed by atoms with van der Waals surface area (Å²) in [5, 5.41) is 0. The molecule has 0 atom stereocenters. The largest absolute Gasteiger partial charge is 0.490 e. The highest BCUT2D eigenvalue weighted by atomic mass is 19.1. The van der Waals surface area contributed by atoms with Crippen molar-refractivity contribution in [2.75, 3.05) is 24.3 Å². The van der Waals surface area contributed by atoms with E-state index < -0.39 is 5.82 Å². The van der Waals surface area contributed by atoms with Crippen LogP contribution < -0.4 is 15.4 Å². The third kappa shape index (κ3) is 3.88. The average Bonchev–Trinajstić information content (AvgIpc) is 2.47. The summed E-state index contributed by atoms with van der Waals surface area (Å²) in [7, 11) is 1.93. The van der Waals surface area contributed by atoms with Gasteiger partial charge in [-0.3, -0.25) is 0 Å². The summed E-state index contributed by atoms with van der Waals surface area (Å²) in [6.45, 7) is 3.17. The fraction of sp³-hybridized carbons (Fsp3) is 0.294. The van der Waals surface area contributed by atoms with E-state index in [1.54, 1.807) is 6.07 Å². The first-order valence-corrected chi connectivity index (χ1v) is 7.08. The minimum atomic E-state index is -0.419. The van der Waals surface area contributed by atoms with Crippen molar-refractivity contribution in [3.05, 3.63) is 53.8 Å². The fourth-order valence-corrected chi connectivity index (χ4v) is 2.15. The van der Waals surface area contributed by atoms with E-state index in [2.05, 4.69) is 0 Å². The minimum absolute atomic E-state index is 0.251. The molecule has 0 aliphatic heterocycles. The van der Waals surface area contributed by atoms with Crippen LogP contribution in [-0.2, 0) is 6.54 Å². The van der Waals surface area contributed by atoms with Gasteiger partial charge in [-0.05, 0) is 12.0 Å². The number of nitrogens with zero attached hydrogens (tertiary/aromatic N) is 1. The Hall–Kier alpha value is -2.23. The molecule has 0 aliphatic carbocycles. The smallest absolute Gasteiger partial charge is 0.167 e. The lowest BCUT2D eigenvalue weighted by Crippen LogP contribution is -2.18. The molecule has 0 amide bonds. The molecule has 0 unspecified atom stereocenters. The van der Waals surface area contributed by atoms with Gasteiger partial charge in [-0.15, -0.1) is 0 Å². The first-order valence-electron chi connectivity index (χ1n) is 7.08. The molecule has 112 valence electrons. The van der Waals surface area contributed by atoms with Crippen LogP contribution in [-0.4, -0.2) is 13.7 Å². The number of hydrogen-bond acceptors (Lipinski definition) is 3. The molecule has 0 saturated heterocycles. The van der Waals surface area contributed by atoms with E-state index in [0.717, 1.165) is 12.1 Å². The van der Waals surface area contributed by atoms with Crippen molar-refractivity contribution in [3.8, 4) is 5.75 Å². The summed E-state index contributed by atoms with van der Waals surface area (Å²) >= 11 is 0. The van der Waals surface area contributed by atoms with E-state index in [9.17, 15) is 4.39 Å². The van der Waals surface area contributed by atoms with E-state index in [0.29, 0.717) is 18.8 Å². The van der Waals surface area contributed by atoms with Gasteiger partial charge >= 0.3 is 0 Å². The molecule has 2 N–H and O–H groups in total. The van der Waals surface area contributed by atoms with E-state index in [4.69, 9.17) is 10.5 Å². The van der Waals surface area contributed by atoms with Crippen LogP contribution in [0.5, 0.6) is 5.75 Å². The van der Waals surface area contributed by atoms with Gasteiger partial charge in [-0.25, -0.2) is 4.39 Å². The van der Waals surface area contributed by atoms with Crippen molar-refractivity contribution < 1.29 is 9.13 Å². The van der Waals surface area contributed by atoms with Gasteiger partial charge in [0, 0.05) is 25.7 Å². The number of rotatable bonds is 6.